The molecule has 0 aromatic heterocycles. The Kier molecular flexibility index (Phi) is 10.7. The topological polar surface area (TPSA) is 6.48 Å². The lowest BCUT2D eigenvalue weighted by Gasteiger charge is -2.48. The first-order valence-electron chi connectivity index (χ1n) is 26.6. The van der Waals surface area contributed by atoms with Gasteiger partial charge in [-0.1, -0.05) is 200 Å². The van der Waals surface area contributed by atoms with Gasteiger partial charge in [0.05, 0.1) is 5.69 Å². The zero-order valence-corrected chi connectivity index (χ0v) is 44.8. The van der Waals surface area contributed by atoms with Crippen LogP contribution in [0.25, 0.3) is 11.1 Å². The summed E-state index contributed by atoms with van der Waals surface area (Å²) >= 11 is 0. The maximum absolute atomic E-state index is 2.75. The van der Waals surface area contributed by atoms with E-state index in [9.17, 15) is 0 Å². The predicted octanol–water partition coefficient (Wildman–Crippen LogP) is 16.7. The highest BCUT2D eigenvalue weighted by molar-refractivity contribution is 7.00. The van der Waals surface area contributed by atoms with Gasteiger partial charge in [-0.05, 0) is 156 Å². The van der Waals surface area contributed by atoms with Crippen LogP contribution in [0.1, 0.15) is 178 Å². The summed E-state index contributed by atoms with van der Waals surface area (Å²) in [7, 11) is 0. The first-order chi connectivity index (χ1) is 33.0. The van der Waals surface area contributed by atoms with Crippen LogP contribution >= 0.6 is 0 Å². The van der Waals surface area contributed by atoms with Gasteiger partial charge in [0.2, 0.25) is 0 Å². The van der Waals surface area contributed by atoms with Gasteiger partial charge in [0, 0.05) is 44.8 Å². The maximum atomic E-state index is 2.75. The van der Waals surface area contributed by atoms with E-state index >= 15 is 0 Å². The maximum Gasteiger partial charge on any atom is 0.252 e. The molecule has 356 valence electrons. The number of hydrogen-bond donors (Lipinski definition) is 0. The quantitative estimate of drug-likeness (QED) is 0.162. The van der Waals surface area contributed by atoms with Gasteiger partial charge in [0.15, 0.2) is 0 Å². The van der Waals surface area contributed by atoms with Gasteiger partial charge in [0.25, 0.3) is 6.71 Å². The molecule has 0 N–H and O–H groups in total. The first kappa shape index (κ1) is 46.6. The van der Waals surface area contributed by atoms with Crippen LogP contribution in [-0.2, 0) is 27.1 Å². The summed E-state index contributed by atoms with van der Waals surface area (Å²) in [4.78, 5) is 5.45. The van der Waals surface area contributed by atoms with Gasteiger partial charge in [-0.3, -0.25) is 0 Å². The summed E-state index contributed by atoms with van der Waals surface area (Å²) in [6.45, 7) is 33.5. The molecule has 7 aromatic carbocycles. The van der Waals surface area contributed by atoms with E-state index in [1.54, 1.807) is 0 Å². The summed E-state index contributed by atoms with van der Waals surface area (Å²) in [5.74, 6) is 0.519. The molecule has 2 aliphatic heterocycles. The highest BCUT2D eigenvalue weighted by Gasteiger charge is 2.48. The molecule has 0 bridgehead atoms. The number of hydrogen-bond acceptors (Lipinski definition) is 2. The normalized spacial score (nSPS) is 17.1. The zero-order valence-electron chi connectivity index (χ0n) is 44.8. The lowest BCUT2D eigenvalue weighted by Crippen LogP contribution is -2.62. The molecule has 7 aromatic rings. The molecule has 4 aliphatic rings. The van der Waals surface area contributed by atoms with Gasteiger partial charge in [-0.25, -0.2) is 0 Å². The Morgan fingerprint density at radius 3 is 1.54 bits per heavy atom. The van der Waals surface area contributed by atoms with E-state index in [4.69, 9.17) is 0 Å². The first-order valence-corrected chi connectivity index (χ1v) is 26.6. The fourth-order valence-corrected chi connectivity index (χ4v) is 13.1. The van der Waals surface area contributed by atoms with Crippen molar-refractivity contribution in [2.45, 2.75) is 162 Å². The Hall–Kier alpha value is -5.80. The lowest BCUT2D eigenvalue weighted by atomic mass is 9.33. The molecule has 0 radical (unpaired) electrons. The van der Waals surface area contributed by atoms with Gasteiger partial charge in [-0.15, -0.1) is 0 Å². The minimum Gasteiger partial charge on any atom is -0.311 e. The summed E-state index contributed by atoms with van der Waals surface area (Å²) in [5.41, 5.74) is 26.6. The van der Waals surface area contributed by atoms with E-state index in [0.717, 1.165) is 0 Å². The number of aryl methyl sites for hydroxylation is 1. The molecule has 1 saturated carbocycles. The zero-order chi connectivity index (χ0) is 49.4. The van der Waals surface area contributed by atoms with Crippen molar-refractivity contribution in [1.29, 1.82) is 0 Å². The number of nitrogens with zero attached hydrogens (tertiary/aromatic N) is 2. The lowest BCUT2D eigenvalue weighted by molar-refractivity contribution is 0.443. The van der Waals surface area contributed by atoms with Crippen LogP contribution in [0.15, 0.2) is 133 Å². The van der Waals surface area contributed by atoms with E-state index < -0.39 is 0 Å². The van der Waals surface area contributed by atoms with Crippen molar-refractivity contribution >= 4 is 57.2 Å². The third-order valence-electron chi connectivity index (χ3n) is 17.2. The third kappa shape index (κ3) is 7.34. The van der Waals surface area contributed by atoms with Crippen molar-refractivity contribution in [2.75, 3.05) is 9.80 Å². The van der Waals surface area contributed by atoms with Crippen molar-refractivity contribution in [3.8, 4) is 11.1 Å². The fourth-order valence-electron chi connectivity index (χ4n) is 13.1. The minimum absolute atomic E-state index is 0.0134. The van der Waals surface area contributed by atoms with Gasteiger partial charge in [-0.2, -0.15) is 0 Å². The largest absolute Gasteiger partial charge is 0.311 e. The minimum atomic E-state index is -0.212. The van der Waals surface area contributed by atoms with Crippen LogP contribution in [0.4, 0.5) is 34.1 Å². The molecule has 2 heterocycles. The molecule has 70 heavy (non-hydrogen) atoms. The van der Waals surface area contributed by atoms with Crippen LogP contribution in [0.5, 0.6) is 0 Å². The summed E-state index contributed by atoms with van der Waals surface area (Å²) in [6.07, 6.45) is 6.40. The van der Waals surface area contributed by atoms with E-state index in [0.29, 0.717) is 5.92 Å². The van der Waals surface area contributed by atoms with Crippen LogP contribution in [0, 0.1) is 6.92 Å². The Bertz CT molecular complexity index is 3210. The number of fused-ring (bicyclic) bond motifs is 6. The Morgan fingerprint density at radius 1 is 0.443 bits per heavy atom. The monoisotopic (exact) mass is 919 g/mol. The van der Waals surface area contributed by atoms with Crippen molar-refractivity contribution in [1.82, 2.24) is 0 Å². The molecule has 2 aliphatic carbocycles. The molecular formula is C67H75BN2. The van der Waals surface area contributed by atoms with Crippen molar-refractivity contribution in [3.05, 3.63) is 184 Å². The Balaban J connectivity index is 1.28. The number of benzene rings is 7. The van der Waals surface area contributed by atoms with Gasteiger partial charge < -0.3 is 9.80 Å². The van der Waals surface area contributed by atoms with Gasteiger partial charge in [0.1, 0.15) is 0 Å². The van der Waals surface area contributed by atoms with Crippen LogP contribution < -0.4 is 26.2 Å². The molecule has 2 nitrogen and oxygen atoms in total. The molecular weight excluding hydrogens is 844 g/mol. The molecule has 1 fully saturated rings. The molecule has 3 heteroatoms. The van der Waals surface area contributed by atoms with Crippen molar-refractivity contribution in [3.63, 3.8) is 0 Å². The van der Waals surface area contributed by atoms with Crippen LogP contribution in [-0.4, -0.2) is 6.71 Å². The van der Waals surface area contributed by atoms with E-state index in [-0.39, 0.29) is 33.8 Å². The summed E-state index contributed by atoms with van der Waals surface area (Å²) < 4.78 is 0. The second kappa shape index (κ2) is 16.1. The molecule has 0 amide bonds. The second-order valence-corrected chi connectivity index (χ2v) is 25.8. The smallest absolute Gasteiger partial charge is 0.252 e. The SMILES string of the molecule is Cc1cc2c3c(c1)N(c1ccc(C(C)(C)C)cc1C1CCCCC1)c1cc(C(C)(C)C)ccc1B3c1cc3c(cc1N2c1ccc(C(C)(C)C)cc1-c1ccccc1)C(C)(C)c1ccccc1C3(C)C. The van der Waals surface area contributed by atoms with Crippen molar-refractivity contribution < 1.29 is 0 Å². The molecule has 0 atom stereocenters. The van der Waals surface area contributed by atoms with Crippen LogP contribution in [0.2, 0.25) is 0 Å². The van der Waals surface area contributed by atoms with Crippen molar-refractivity contribution in [2.24, 2.45) is 0 Å². The van der Waals surface area contributed by atoms with Gasteiger partial charge >= 0.3 is 0 Å². The van der Waals surface area contributed by atoms with E-state index in [2.05, 4.69) is 240 Å². The molecule has 0 spiro atoms. The van der Waals surface area contributed by atoms with E-state index in [1.165, 1.54) is 144 Å². The number of anilines is 6. The Labute approximate surface area is 421 Å². The Morgan fingerprint density at radius 2 is 0.943 bits per heavy atom. The summed E-state index contributed by atoms with van der Waals surface area (Å²) in [6, 6.07) is 53.3. The number of rotatable bonds is 4. The standard InChI is InChI=1S/C67H75BN2/c1-42-35-60-62-61(36-42)70(57-34-31-46(64(5,6)7)38-49(57)44-25-19-16-20-26-44)59-41-53-52(66(11,12)50-27-21-22-28-51(50)67(53,13)14)40-55(59)68(62)54-32-29-47(65(8,9)10)39-58(54)69(60)56-33-30-45(63(2,3)4)37-48(56)43-23-17-15-18-24-43/h16,19-22,25-41,43H,15,17-18,23-24H2,1-14H3. The average molecular weight is 919 g/mol. The highest BCUT2D eigenvalue weighted by Crippen LogP contribution is 2.54. The average Bonchev–Trinajstić information content (AvgIpc) is 3.32. The summed E-state index contributed by atoms with van der Waals surface area (Å²) in [5, 5.41) is 0. The predicted molar refractivity (Wildman–Crippen MR) is 303 cm³/mol. The molecule has 0 saturated heterocycles. The highest BCUT2D eigenvalue weighted by atomic mass is 15.2. The molecule has 0 unspecified atom stereocenters. The fraction of sp³-hybridized carbons (Fsp3) is 0.373. The third-order valence-corrected chi connectivity index (χ3v) is 17.2. The second-order valence-electron chi connectivity index (χ2n) is 25.8. The molecule has 11 rings (SSSR count). The van der Waals surface area contributed by atoms with Crippen LogP contribution in [0.3, 0.4) is 0 Å². The van der Waals surface area contributed by atoms with E-state index in [1.807, 2.05) is 0 Å².